The molecule has 78 valence electrons. The van der Waals surface area contributed by atoms with Crippen LogP contribution in [0, 0.1) is 0 Å². The molecule has 0 amide bonds. The van der Waals surface area contributed by atoms with E-state index in [0.29, 0.717) is 12.6 Å². The second kappa shape index (κ2) is 5.66. The van der Waals surface area contributed by atoms with Gasteiger partial charge < -0.3 is 10.1 Å². The van der Waals surface area contributed by atoms with E-state index in [1.165, 1.54) is 11.3 Å². The molecule has 0 aromatic heterocycles. The zero-order chi connectivity index (χ0) is 10.4. The Hall–Kier alpha value is -1.02. The predicted octanol–water partition coefficient (Wildman–Crippen LogP) is 3.04. The molecule has 1 N–H and O–H groups in total. The standard InChI is InChI=1S/C12H19NO/c1-4-14-9-11-7-5-6-8-12(11)13-10(2)3/h5-8,10,13H,4,9H2,1-3H3. The maximum atomic E-state index is 5.40. The summed E-state index contributed by atoms with van der Waals surface area (Å²) >= 11 is 0. The Kier molecular flexibility index (Phi) is 4.47. The predicted molar refractivity (Wildman–Crippen MR) is 60.5 cm³/mol. The third-order valence-corrected chi connectivity index (χ3v) is 1.92. The van der Waals surface area contributed by atoms with Crippen molar-refractivity contribution in [3.63, 3.8) is 0 Å². The Morgan fingerprint density at radius 2 is 2.00 bits per heavy atom. The zero-order valence-electron chi connectivity index (χ0n) is 9.21. The summed E-state index contributed by atoms with van der Waals surface area (Å²) in [4.78, 5) is 0. The van der Waals surface area contributed by atoms with Gasteiger partial charge in [0.2, 0.25) is 0 Å². The van der Waals surface area contributed by atoms with E-state index in [-0.39, 0.29) is 0 Å². The molecular formula is C12H19NO. The fourth-order valence-electron chi connectivity index (χ4n) is 1.31. The lowest BCUT2D eigenvalue weighted by Gasteiger charge is -2.14. The maximum Gasteiger partial charge on any atom is 0.0736 e. The summed E-state index contributed by atoms with van der Waals surface area (Å²) in [6, 6.07) is 8.73. The van der Waals surface area contributed by atoms with Gasteiger partial charge >= 0.3 is 0 Å². The highest BCUT2D eigenvalue weighted by atomic mass is 16.5. The van der Waals surface area contributed by atoms with Gasteiger partial charge in [-0.3, -0.25) is 0 Å². The highest BCUT2D eigenvalue weighted by Gasteiger charge is 2.01. The van der Waals surface area contributed by atoms with E-state index < -0.39 is 0 Å². The van der Waals surface area contributed by atoms with Crippen LogP contribution in [0.2, 0.25) is 0 Å². The molecule has 0 bridgehead atoms. The summed E-state index contributed by atoms with van der Waals surface area (Å²) in [5.74, 6) is 0. The van der Waals surface area contributed by atoms with E-state index >= 15 is 0 Å². The summed E-state index contributed by atoms with van der Waals surface area (Å²) < 4.78 is 5.40. The minimum atomic E-state index is 0.456. The van der Waals surface area contributed by atoms with Gasteiger partial charge in [0, 0.05) is 23.9 Å². The van der Waals surface area contributed by atoms with Gasteiger partial charge in [-0.2, -0.15) is 0 Å². The quantitative estimate of drug-likeness (QED) is 0.776. The second-order valence-electron chi connectivity index (χ2n) is 3.59. The first-order valence-electron chi connectivity index (χ1n) is 5.16. The lowest BCUT2D eigenvalue weighted by molar-refractivity contribution is 0.134. The number of para-hydroxylation sites is 1. The summed E-state index contributed by atoms with van der Waals surface area (Å²) in [5.41, 5.74) is 2.40. The molecular weight excluding hydrogens is 174 g/mol. The van der Waals surface area contributed by atoms with E-state index in [1.54, 1.807) is 0 Å². The highest BCUT2D eigenvalue weighted by Crippen LogP contribution is 2.16. The number of hydrogen-bond donors (Lipinski definition) is 1. The van der Waals surface area contributed by atoms with E-state index in [9.17, 15) is 0 Å². The summed E-state index contributed by atoms with van der Waals surface area (Å²) in [7, 11) is 0. The number of benzene rings is 1. The third kappa shape index (κ3) is 3.38. The molecule has 1 aromatic rings. The topological polar surface area (TPSA) is 21.3 Å². The van der Waals surface area contributed by atoms with Crippen LogP contribution < -0.4 is 5.32 Å². The minimum Gasteiger partial charge on any atom is -0.383 e. The lowest BCUT2D eigenvalue weighted by atomic mass is 10.2. The maximum absolute atomic E-state index is 5.40. The van der Waals surface area contributed by atoms with E-state index in [2.05, 4.69) is 31.3 Å². The number of ether oxygens (including phenoxy) is 1. The SMILES string of the molecule is CCOCc1ccccc1NC(C)C. The van der Waals surface area contributed by atoms with Crippen LogP contribution in [0.1, 0.15) is 26.3 Å². The van der Waals surface area contributed by atoms with Gasteiger partial charge in [-0.1, -0.05) is 18.2 Å². The van der Waals surface area contributed by atoms with Gasteiger partial charge in [-0.25, -0.2) is 0 Å². The normalized spacial score (nSPS) is 10.6. The average Bonchev–Trinajstić information content (AvgIpc) is 2.16. The molecule has 0 aliphatic carbocycles. The molecule has 0 atom stereocenters. The van der Waals surface area contributed by atoms with Crippen molar-refractivity contribution < 1.29 is 4.74 Å². The van der Waals surface area contributed by atoms with Crippen LogP contribution in [0.3, 0.4) is 0 Å². The van der Waals surface area contributed by atoms with Crippen molar-refractivity contribution in [1.82, 2.24) is 0 Å². The molecule has 0 saturated carbocycles. The average molecular weight is 193 g/mol. The van der Waals surface area contributed by atoms with Crippen molar-refractivity contribution in [3.8, 4) is 0 Å². The molecule has 14 heavy (non-hydrogen) atoms. The molecule has 0 radical (unpaired) electrons. The van der Waals surface area contributed by atoms with Gasteiger partial charge in [0.1, 0.15) is 0 Å². The molecule has 0 aliphatic heterocycles. The van der Waals surface area contributed by atoms with Gasteiger partial charge in [0.25, 0.3) is 0 Å². The number of hydrogen-bond acceptors (Lipinski definition) is 2. The van der Waals surface area contributed by atoms with E-state index in [1.807, 2.05) is 19.1 Å². The van der Waals surface area contributed by atoms with Gasteiger partial charge in [0.15, 0.2) is 0 Å². The number of nitrogens with one attached hydrogen (secondary N) is 1. The molecule has 0 aliphatic rings. The van der Waals surface area contributed by atoms with Crippen molar-refractivity contribution in [2.75, 3.05) is 11.9 Å². The van der Waals surface area contributed by atoms with Crippen LogP contribution in [0.15, 0.2) is 24.3 Å². The largest absolute Gasteiger partial charge is 0.383 e. The van der Waals surface area contributed by atoms with Crippen molar-refractivity contribution in [2.24, 2.45) is 0 Å². The van der Waals surface area contributed by atoms with Crippen LogP contribution in [0.25, 0.3) is 0 Å². The summed E-state index contributed by atoms with van der Waals surface area (Å²) in [6.45, 7) is 7.73. The fourth-order valence-corrected chi connectivity index (χ4v) is 1.31. The molecule has 0 fully saturated rings. The first-order chi connectivity index (χ1) is 6.74. The number of rotatable bonds is 5. The van der Waals surface area contributed by atoms with Crippen LogP contribution in [0.4, 0.5) is 5.69 Å². The van der Waals surface area contributed by atoms with Crippen molar-refractivity contribution in [2.45, 2.75) is 33.4 Å². The van der Waals surface area contributed by atoms with E-state index in [4.69, 9.17) is 4.74 Å². The smallest absolute Gasteiger partial charge is 0.0736 e. The van der Waals surface area contributed by atoms with Crippen LogP contribution in [0.5, 0.6) is 0 Å². The van der Waals surface area contributed by atoms with Crippen LogP contribution in [-0.4, -0.2) is 12.6 Å². The van der Waals surface area contributed by atoms with Crippen molar-refractivity contribution in [3.05, 3.63) is 29.8 Å². The third-order valence-electron chi connectivity index (χ3n) is 1.92. The Balaban J connectivity index is 2.69. The van der Waals surface area contributed by atoms with Crippen molar-refractivity contribution in [1.29, 1.82) is 0 Å². The Morgan fingerprint density at radius 3 is 2.64 bits per heavy atom. The second-order valence-corrected chi connectivity index (χ2v) is 3.59. The van der Waals surface area contributed by atoms with Gasteiger partial charge in [-0.05, 0) is 26.8 Å². The molecule has 0 spiro atoms. The highest BCUT2D eigenvalue weighted by molar-refractivity contribution is 5.51. The monoisotopic (exact) mass is 193 g/mol. The minimum absolute atomic E-state index is 0.456. The molecule has 2 heteroatoms. The Bertz CT molecular complexity index is 271. The molecule has 0 saturated heterocycles. The first kappa shape index (κ1) is 11.1. The lowest BCUT2D eigenvalue weighted by Crippen LogP contribution is -2.11. The van der Waals surface area contributed by atoms with E-state index in [0.717, 1.165) is 6.61 Å². The summed E-state index contributed by atoms with van der Waals surface area (Å²) in [6.07, 6.45) is 0. The zero-order valence-corrected chi connectivity index (χ0v) is 9.21. The molecule has 0 unspecified atom stereocenters. The summed E-state index contributed by atoms with van der Waals surface area (Å²) in [5, 5.41) is 3.40. The van der Waals surface area contributed by atoms with Crippen LogP contribution in [-0.2, 0) is 11.3 Å². The Labute approximate surface area is 86.3 Å². The van der Waals surface area contributed by atoms with Crippen molar-refractivity contribution >= 4 is 5.69 Å². The van der Waals surface area contributed by atoms with Crippen LogP contribution >= 0.6 is 0 Å². The molecule has 1 rings (SSSR count). The Morgan fingerprint density at radius 1 is 1.29 bits per heavy atom. The molecule has 0 heterocycles. The molecule has 2 nitrogen and oxygen atoms in total. The van der Waals surface area contributed by atoms with Gasteiger partial charge in [0.05, 0.1) is 6.61 Å². The first-order valence-corrected chi connectivity index (χ1v) is 5.16. The fraction of sp³-hybridized carbons (Fsp3) is 0.500. The number of anilines is 1. The molecule has 1 aromatic carbocycles. The van der Waals surface area contributed by atoms with Gasteiger partial charge in [-0.15, -0.1) is 0 Å².